The first-order valence-electron chi connectivity index (χ1n) is 7.97. The molecule has 25 heavy (non-hydrogen) atoms. The second kappa shape index (κ2) is 8.82. The van der Waals surface area contributed by atoms with Gasteiger partial charge in [-0.1, -0.05) is 6.07 Å². The lowest BCUT2D eigenvalue weighted by Gasteiger charge is -2.13. The molecular formula is C19H24N2O4. The summed E-state index contributed by atoms with van der Waals surface area (Å²) < 4.78 is 15.8. The van der Waals surface area contributed by atoms with E-state index in [0.717, 1.165) is 11.3 Å². The molecule has 0 bridgehead atoms. The molecule has 134 valence electrons. The van der Waals surface area contributed by atoms with Crippen LogP contribution in [0.15, 0.2) is 36.4 Å². The predicted molar refractivity (Wildman–Crippen MR) is 99.0 cm³/mol. The number of ether oxygens (including phenoxy) is 3. The van der Waals surface area contributed by atoms with E-state index in [9.17, 15) is 4.79 Å². The van der Waals surface area contributed by atoms with Gasteiger partial charge in [0, 0.05) is 19.0 Å². The van der Waals surface area contributed by atoms with Crippen LogP contribution >= 0.6 is 0 Å². The van der Waals surface area contributed by atoms with Gasteiger partial charge >= 0.3 is 0 Å². The number of anilines is 2. The summed E-state index contributed by atoms with van der Waals surface area (Å²) >= 11 is 0. The standard InChI is InChI=1S/C19H24N2O4/c1-13-5-8-17(24-3)16(11-13)21-19(22)9-10-20-15-7-6-14(23-2)12-18(15)25-4/h5-8,11-12,20H,9-10H2,1-4H3,(H,21,22). The highest BCUT2D eigenvalue weighted by molar-refractivity contribution is 5.92. The topological polar surface area (TPSA) is 68.8 Å². The average Bonchev–Trinajstić information content (AvgIpc) is 2.62. The number of amides is 1. The second-order valence-electron chi connectivity index (χ2n) is 5.49. The normalized spacial score (nSPS) is 10.1. The minimum atomic E-state index is -0.0936. The molecule has 6 nitrogen and oxygen atoms in total. The molecular weight excluding hydrogens is 320 g/mol. The lowest BCUT2D eigenvalue weighted by molar-refractivity contribution is -0.116. The average molecular weight is 344 g/mol. The molecule has 2 N–H and O–H groups in total. The van der Waals surface area contributed by atoms with Crippen molar-refractivity contribution in [3.8, 4) is 17.2 Å². The Morgan fingerprint density at radius 1 is 0.920 bits per heavy atom. The lowest BCUT2D eigenvalue weighted by atomic mass is 10.2. The monoisotopic (exact) mass is 344 g/mol. The molecule has 0 aliphatic rings. The van der Waals surface area contributed by atoms with Gasteiger partial charge in [0.1, 0.15) is 17.2 Å². The number of carbonyl (C=O) groups excluding carboxylic acids is 1. The second-order valence-corrected chi connectivity index (χ2v) is 5.49. The van der Waals surface area contributed by atoms with Crippen LogP contribution in [0.25, 0.3) is 0 Å². The van der Waals surface area contributed by atoms with E-state index >= 15 is 0 Å². The van der Waals surface area contributed by atoms with Gasteiger partial charge in [0.05, 0.1) is 32.7 Å². The van der Waals surface area contributed by atoms with Crippen molar-refractivity contribution in [2.45, 2.75) is 13.3 Å². The predicted octanol–water partition coefficient (Wildman–Crippen LogP) is 3.46. The highest BCUT2D eigenvalue weighted by Crippen LogP contribution is 2.29. The van der Waals surface area contributed by atoms with Crippen LogP contribution in [-0.4, -0.2) is 33.8 Å². The van der Waals surface area contributed by atoms with Gasteiger partial charge in [-0.3, -0.25) is 4.79 Å². The van der Waals surface area contributed by atoms with Gasteiger partial charge in [0.25, 0.3) is 0 Å². The van der Waals surface area contributed by atoms with Gasteiger partial charge in [-0.15, -0.1) is 0 Å². The zero-order valence-electron chi connectivity index (χ0n) is 15.0. The van der Waals surface area contributed by atoms with Crippen molar-refractivity contribution in [2.75, 3.05) is 38.5 Å². The molecule has 0 aliphatic heterocycles. The number of carbonyl (C=O) groups is 1. The fourth-order valence-corrected chi connectivity index (χ4v) is 2.39. The fraction of sp³-hybridized carbons (Fsp3) is 0.316. The number of methoxy groups -OCH3 is 3. The smallest absolute Gasteiger partial charge is 0.226 e. The molecule has 0 unspecified atom stereocenters. The molecule has 0 atom stereocenters. The van der Waals surface area contributed by atoms with Gasteiger partial charge < -0.3 is 24.8 Å². The Morgan fingerprint density at radius 3 is 2.36 bits per heavy atom. The van der Waals surface area contributed by atoms with Gasteiger partial charge in [-0.25, -0.2) is 0 Å². The summed E-state index contributed by atoms with van der Waals surface area (Å²) in [6.45, 7) is 2.44. The van der Waals surface area contributed by atoms with E-state index in [1.807, 2.05) is 37.3 Å². The maximum atomic E-state index is 12.2. The summed E-state index contributed by atoms with van der Waals surface area (Å²) in [4.78, 5) is 12.2. The molecule has 2 aromatic carbocycles. The lowest BCUT2D eigenvalue weighted by Crippen LogP contribution is -2.17. The SMILES string of the molecule is COc1ccc(NCCC(=O)Nc2cc(C)ccc2OC)c(OC)c1. The third-order valence-corrected chi connectivity index (χ3v) is 3.71. The van der Waals surface area contributed by atoms with Gasteiger partial charge in [-0.05, 0) is 36.8 Å². The summed E-state index contributed by atoms with van der Waals surface area (Å²) in [5.41, 5.74) is 2.54. The van der Waals surface area contributed by atoms with E-state index in [0.29, 0.717) is 35.9 Å². The number of hydrogen-bond donors (Lipinski definition) is 2. The number of nitrogens with one attached hydrogen (secondary N) is 2. The van der Waals surface area contributed by atoms with E-state index < -0.39 is 0 Å². The summed E-state index contributed by atoms with van der Waals surface area (Å²) in [5.74, 6) is 1.93. The third kappa shape index (κ3) is 5.04. The number of aryl methyl sites for hydroxylation is 1. The van der Waals surface area contributed by atoms with Gasteiger partial charge in [0.15, 0.2) is 0 Å². The molecule has 6 heteroatoms. The van der Waals surface area contributed by atoms with Crippen LogP contribution in [0.4, 0.5) is 11.4 Å². The van der Waals surface area contributed by atoms with Crippen molar-refractivity contribution >= 4 is 17.3 Å². The number of hydrogen-bond acceptors (Lipinski definition) is 5. The molecule has 2 rings (SSSR count). The molecule has 1 amide bonds. The minimum absolute atomic E-state index is 0.0936. The summed E-state index contributed by atoms with van der Waals surface area (Å²) in [6, 6.07) is 11.1. The van der Waals surface area contributed by atoms with Crippen LogP contribution in [0, 0.1) is 6.92 Å². The highest BCUT2D eigenvalue weighted by atomic mass is 16.5. The molecule has 0 aromatic heterocycles. The zero-order chi connectivity index (χ0) is 18.2. The Hall–Kier alpha value is -2.89. The van der Waals surface area contributed by atoms with E-state index in [2.05, 4.69) is 10.6 Å². The maximum absolute atomic E-state index is 12.2. The molecule has 0 fully saturated rings. The molecule has 0 aliphatic carbocycles. The van der Waals surface area contributed by atoms with Crippen molar-refractivity contribution in [1.82, 2.24) is 0 Å². The number of rotatable bonds is 8. The van der Waals surface area contributed by atoms with E-state index in [1.54, 1.807) is 27.4 Å². The van der Waals surface area contributed by atoms with Crippen LogP contribution < -0.4 is 24.8 Å². The van der Waals surface area contributed by atoms with Crippen LogP contribution in [0.1, 0.15) is 12.0 Å². The van der Waals surface area contributed by atoms with Crippen molar-refractivity contribution in [3.05, 3.63) is 42.0 Å². The summed E-state index contributed by atoms with van der Waals surface area (Å²) in [5, 5.41) is 6.08. The molecule has 0 spiro atoms. The van der Waals surface area contributed by atoms with Crippen molar-refractivity contribution < 1.29 is 19.0 Å². The molecule has 0 saturated carbocycles. The van der Waals surface area contributed by atoms with Gasteiger partial charge in [-0.2, -0.15) is 0 Å². The van der Waals surface area contributed by atoms with E-state index in [-0.39, 0.29) is 5.91 Å². The first-order valence-corrected chi connectivity index (χ1v) is 7.97. The first-order chi connectivity index (χ1) is 12.1. The van der Waals surface area contributed by atoms with E-state index in [4.69, 9.17) is 14.2 Å². The van der Waals surface area contributed by atoms with Crippen LogP contribution in [0.3, 0.4) is 0 Å². The first kappa shape index (κ1) is 18.4. The van der Waals surface area contributed by atoms with E-state index in [1.165, 1.54) is 0 Å². The molecule has 0 saturated heterocycles. The Balaban J connectivity index is 1.92. The van der Waals surface area contributed by atoms with Crippen molar-refractivity contribution in [2.24, 2.45) is 0 Å². The van der Waals surface area contributed by atoms with Crippen molar-refractivity contribution in [1.29, 1.82) is 0 Å². The third-order valence-electron chi connectivity index (χ3n) is 3.71. The number of benzene rings is 2. The summed E-state index contributed by atoms with van der Waals surface area (Å²) in [6.07, 6.45) is 0.312. The molecule has 2 aromatic rings. The van der Waals surface area contributed by atoms with Crippen molar-refractivity contribution in [3.63, 3.8) is 0 Å². The highest BCUT2D eigenvalue weighted by Gasteiger charge is 2.09. The van der Waals surface area contributed by atoms with Crippen LogP contribution in [0.2, 0.25) is 0 Å². The fourth-order valence-electron chi connectivity index (χ4n) is 2.39. The Bertz CT molecular complexity index is 731. The Kier molecular flexibility index (Phi) is 6.51. The quantitative estimate of drug-likeness (QED) is 0.767. The van der Waals surface area contributed by atoms with Crippen LogP contribution in [0.5, 0.6) is 17.2 Å². The van der Waals surface area contributed by atoms with Gasteiger partial charge in [0.2, 0.25) is 5.91 Å². The summed E-state index contributed by atoms with van der Waals surface area (Å²) in [7, 11) is 4.78. The maximum Gasteiger partial charge on any atom is 0.226 e. The molecule has 0 heterocycles. The zero-order valence-corrected chi connectivity index (χ0v) is 15.0. The Morgan fingerprint density at radius 2 is 1.68 bits per heavy atom. The molecule has 0 radical (unpaired) electrons. The largest absolute Gasteiger partial charge is 0.497 e. The van der Waals surface area contributed by atoms with Crippen LogP contribution in [-0.2, 0) is 4.79 Å². The minimum Gasteiger partial charge on any atom is -0.497 e. The Labute approximate surface area is 148 Å².